The molecule has 0 saturated heterocycles. The fourth-order valence-electron chi connectivity index (χ4n) is 2.78. The van der Waals surface area contributed by atoms with Crippen LogP contribution in [-0.2, 0) is 10.2 Å². The summed E-state index contributed by atoms with van der Waals surface area (Å²) in [6.07, 6.45) is 0. The van der Waals surface area contributed by atoms with Crippen molar-refractivity contribution in [1.29, 1.82) is 0 Å². The highest BCUT2D eigenvalue weighted by Gasteiger charge is 2.42. The van der Waals surface area contributed by atoms with Crippen LogP contribution >= 0.6 is 7.29 Å². The summed E-state index contributed by atoms with van der Waals surface area (Å²) in [4.78, 5) is 3.79. The van der Waals surface area contributed by atoms with Crippen molar-refractivity contribution in [2.75, 3.05) is 0 Å². The van der Waals surface area contributed by atoms with E-state index in [1.165, 1.54) is 0 Å². The molecule has 1 N–H and O–H groups in total. The number of rotatable bonds is 5. The van der Waals surface area contributed by atoms with Crippen molar-refractivity contribution in [2.24, 2.45) is 0 Å². The average Bonchev–Trinajstić information content (AvgIpc) is 2.70. The summed E-state index contributed by atoms with van der Waals surface area (Å²) >= 11 is 0. The number of nitrogens with one attached hydrogen (secondary N) is 1. The van der Waals surface area contributed by atoms with Crippen LogP contribution in [0.2, 0.25) is 0 Å². The van der Waals surface area contributed by atoms with Crippen LogP contribution in [0, 0.1) is 6.57 Å². The third kappa shape index (κ3) is 3.42. The first-order valence-electron chi connectivity index (χ1n) is 8.03. The lowest BCUT2D eigenvalue weighted by molar-refractivity contribution is 0.522. The second-order valence-corrected chi connectivity index (χ2v) is 8.42. The molecule has 0 saturated carbocycles. The molecule has 3 nitrogen and oxygen atoms in total. The van der Waals surface area contributed by atoms with Gasteiger partial charge in [-0.3, -0.25) is 9.41 Å². The van der Waals surface area contributed by atoms with Crippen molar-refractivity contribution in [3.63, 3.8) is 0 Å². The average molecular weight is 346 g/mol. The Morgan fingerprint density at radius 1 is 0.800 bits per heavy atom. The third-order valence-electron chi connectivity index (χ3n) is 4.17. The largest absolute Gasteiger partial charge is 0.315 e. The Balaban J connectivity index is 2.14. The molecule has 3 rings (SSSR count). The van der Waals surface area contributed by atoms with Crippen molar-refractivity contribution in [2.45, 2.75) is 12.6 Å². The first-order valence-corrected chi connectivity index (χ1v) is 9.74. The predicted octanol–water partition coefficient (Wildman–Crippen LogP) is 4.30. The molecule has 3 aromatic rings. The van der Waals surface area contributed by atoms with Crippen molar-refractivity contribution in [3.8, 4) is 0 Å². The van der Waals surface area contributed by atoms with Crippen LogP contribution in [0.3, 0.4) is 0 Å². The van der Waals surface area contributed by atoms with E-state index in [2.05, 4.69) is 9.93 Å². The molecule has 124 valence electrons. The van der Waals surface area contributed by atoms with Crippen LogP contribution in [0.25, 0.3) is 4.85 Å². The highest BCUT2D eigenvalue weighted by atomic mass is 31.2. The van der Waals surface area contributed by atoms with Crippen molar-refractivity contribution in [1.82, 2.24) is 5.09 Å². The second-order valence-electron chi connectivity index (χ2n) is 5.94. The van der Waals surface area contributed by atoms with Gasteiger partial charge in [0.15, 0.2) is 0 Å². The molecular weight excluding hydrogens is 327 g/mol. The van der Waals surface area contributed by atoms with Gasteiger partial charge in [0.2, 0.25) is 7.29 Å². The molecule has 0 radical (unpaired) electrons. The molecule has 25 heavy (non-hydrogen) atoms. The van der Waals surface area contributed by atoms with E-state index < -0.39 is 13.0 Å². The molecule has 1 atom stereocenters. The standard InChI is InChI=1S/C21H19N2OP/c1-21(22-2,18-12-6-3-7-13-18)23-25(24,19-14-8-4-9-15-19)20-16-10-5-11-17-20/h3-17H,1H3,(H,23,24)/t21-/m1/s1. The summed E-state index contributed by atoms with van der Waals surface area (Å²) in [5, 5.41) is 4.58. The maximum absolute atomic E-state index is 14.1. The maximum Gasteiger partial charge on any atom is 0.315 e. The zero-order chi connectivity index (χ0) is 17.8. The Morgan fingerprint density at radius 3 is 1.60 bits per heavy atom. The zero-order valence-electron chi connectivity index (χ0n) is 14.0. The lowest BCUT2D eigenvalue weighted by Crippen LogP contribution is -2.40. The summed E-state index contributed by atoms with van der Waals surface area (Å²) in [6, 6.07) is 28.1. The van der Waals surface area contributed by atoms with E-state index in [1.54, 1.807) is 6.92 Å². The monoisotopic (exact) mass is 346 g/mol. The molecule has 0 aliphatic rings. The minimum absolute atomic E-state index is 0.687. The summed E-state index contributed by atoms with van der Waals surface area (Å²) in [7, 11) is -3.19. The van der Waals surface area contributed by atoms with Gasteiger partial charge in [-0.15, -0.1) is 0 Å². The minimum atomic E-state index is -3.19. The highest BCUT2D eigenvalue weighted by molar-refractivity contribution is 7.77. The summed E-state index contributed by atoms with van der Waals surface area (Å²) in [6.45, 7) is 9.51. The Hall–Kier alpha value is -2.66. The maximum atomic E-state index is 14.1. The summed E-state index contributed by atoms with van der Waals surface area (Å²) in [5.74, 6) is 0. The minimum Gasteiger partial charge on any atom is -0.296 e. The number of nitrogens with zero attached hydrogens (tertiary/aromatic N) is 1. The lowest BCUT2D eigenvalue weighted by Gasteiger charge is -2.27. The van der Waals surface area contributed by atoms with Gasteiger partial charge < -0.3 is 0 Å². The molecule has 0 amide bonds. The topological polar surface area (TPSA) is 33.5 Å². The van der Waals surface area contributed by atoms with Crippen LogP contribution in [0.1, 0.15) is 12.5 Å². The Labute approximate surface area is 148 Å². The van der Waals surface area contributed by atoms with Crippen molar-refractivity contribution in [3.05, 3.63) is 108 Å². The molecule has 0 unspecified atom stereocenters. The van der Waals surface area contributed by atoms with Crippen LogP contribution < -0.4 is 15.7 Å². The number of hydrogen-bond acceptors (Lipinski definition) is 1. The predicted molar refractivity (Wildman–Crippen MR) is 103 cm³/mol. The third-order valence-corrected chi connectivity index (χ3v) is 6.98. The smallest absolute Gasteiger partial charge is 0.296 e. The zero-order valence-corrected chi connectivity index (χ0v) is 14.9. The Morgan fingerprint density at radius 2 is 1.20 bits per heavy atom. The van der Waals surface area contributed by atoms with Gasteiger partial charge in [-0.25, -0.2) is 6.57 Å². The van der Waals surface area contributed by atoms with E-state index in [0.29, 0.717) is 10.6 Å². The molecule has 0 aromatic heterocycles. The van der Waals surface area contributed by atoms with E-state index in [4.69, 9.17) is 6.57 Å². The molecule has 0 aliphatic carbocycles. The SMILES string of the molecule is [C-]#[N+][C@](C)(NP(=O)(c1ccccc1)c1ccccc1)c1ccccc1. The summed E-state index contributed by atoms with van der Waals surface area (Å²) < 4.78 is 14.1. The van der Waals surface area contributed by atoms with E-state index in [1.807, 2.05) is 91.0 Å². The summed E-state index contributed by atoms with van der Waals surface area (Å²) in [5.41, 5.74) is -0.306. The molecule has 0 fully saturated rings. The first-order chi connectivity index (χ1) is 12.1. The van der Waals surface area contributed by atoms with Crippen molar-refractivity contribution >= 4 is 17.9 Å². The fourth-order valence-corrected chi connectivity index (χ4v) is 5.31. The normalized spacial score (nSPS) is 13.6. The van der Waals surface area contributed by atoms with Crippen LogP contribution in [0.5, 0.6) is 0 Å². The van der Waals surface area contributed by atoms with Gasteiger partial charge >= 0.3 is 5.66 Å². The molecule has 0 aliphatic heterocycles. The van der Waals surface area contributed by atoms with E-state index >= 15 is 0 Å². The molecule has 3 aromatic carbocycles. The van der Waals surface area contributed by atoms with E-state index in [9.17, 15) is 4.57 Å². The highest BCUT2D eigenvalue weighted by Crippen LogP contribution is 2.44. The molecule has 4 heteroatoms. The fraction of sp³-hybridized carbons (Fsp3) is 0.0952. The quantitative estimate of drug-likeness (QED) is 0.552. The van der Waals surface area contributed by atoms with Crippen molar-refractivity contribution < 1.29 is 4.57 Å². The van der Waals surface area contributed by atoms with E-state index in [0.717, 1.165) is 5.56 Å². The second kappa shape index (κ2) is 7.07. The Kier molecular flexibility index (Phi) is 4.86. The molecule has 0 heterocycles. The Bertz CT molecular complexity index is 877. The van der Waals surface area contributed by atoms with Gasteiger partial charge in [0.05, 0.1) is 5.56 Å². The number of benzene rings is 3. The van der Waals surface area contributed by atoms with Crippen LogP contribution in [0.4, 0.5) is 0 Å². The van der Waals surface area contributed by atoms with Gasteiger partial charge in [-0.2, -0.15) is 5.09 Å². The van der Waals surface area contributed by atoms with Crippen LogP contribution in [0.15, 0.2) is 91.0 Å². The van der Waals surface area contributed by atoms with Gasteiger partial charge in [0, 0.05) is 17.5 Å². The molecule has 0 bridgehead atoms. The van der Waals surface area contributed by atoms with E-state index in [-0.39, 0.29) is 0 Å². The van der Waals surface area contributed by atoms with Gasteiger partial charge in [-0.05, 0) is 36.4 Å². The van der Waals surface area contributed by atoms with Crippen LogP contribution in [-0.4, -0.2) is 0 Å². The first kappa shape index (κ1) is 17.2. The van der Waals surface area contributed by atoms with Gasteiger partial charge in [-0.1, -0.05) is 54.6 Å². The molecule has 0 spiro atoms. The lowest BCUT2D eigenvalue weighted by atomic mass is 10.0. The molecular formula is C21H19N2OP. The number of hydrogen-bond donors (Lipinski definition) is 1. The van der Waals surface area contributed by atoms with Gasteiger partial charge in [0.25, 0.3) is 0 Å². The van der Waals surface area contributed by atoms with Gasteiger partial charge in [0.1, 0.15) is 0 Å².